The molecule has 0 saturated carbocycles. The molecule has 17 heavy (non-hydrogen) atoms. The fraction of sp³-hybridized carbons (Fsp3) is 0.833. The molecule has 0 heterocycles. The van der Waals surface area contributed by atoms with Gasteiger partial charge in [-0.3, -0.25) is 4.90 Å². The Hall–Kier alpha value is -1.26. The molecular formula is C12H23NO4. The molecule has 5 nitrogen and oxygen atoms in total. The maximum absolute atomic E-state index is 11.6. The standard InChI is InChI=1S/C12H23NO4/c1-5-7-9-16-11(14)10(3)13(4)12(15)17-8-6-2/h10H,5-9H2,1-4H3. The molecule has 5 heteroatoms. The first-order valence-corrected chi connectivity index (χ1v) is 6.10. The fourth-order valence-electron chi connectivity index (χ4n) is 1.05. The first-order chi connectivity index (χ1) is 8.04. The molecular weight excluding hydrogens is 222 g/mol. The third kappa shape index (κ3) is 6.14. The van der Waals surface area contributed by atoms with Crippen LogP contribution in [0.5, 0.6) is 0 Å². The maximum atomic E-state index is 11.6. The summed E-state index contributed by atoms with van der Waals surface area (Å²) in [6.07, 6.45) is 2.07. The second kappa shape index (κ2) is 8.84. The number of rotatable bonds is 7. The van der Waals surface area contributed by atoms with Crippen molar-refractivity contribution >= 4 is 12.1 Å². The van der Waals surface area contributed by atoms with Crippen molar-refractivity contribution in [3.63, 3.8) is 0 Å². The van der Waals surface area contributed by atoms with Crippen molar-refractivity contribution < 1.29 is 19.1 Å². The van der Waals surface area contributed by atoms with Crippen molar-refractivity contribution in [1.29, 1.82) is 0 Å². The van der Waals surface area contributed by atoms with Gasteiger partial charge < -0.3 is 9.47 Å². The van der Waals surface area contributed by atoms with Gasteiger partial charge in [-0.25, -0.2) is 9.59 Å². The molecule has 0 radical (unpaired) electrons. The van der Waals surface area contributed by atoms with E-state index in [0.29, 0.717) is 13.2 Å². The van der Waals surface area contributed by atoms with E-state index in [1.54, 1.807) is 6.92 Å². The summed E-state index contributed by atoms with van der Waals surface area (Å²) in [6.45, 7) is 6.32. The van der Waals surface area contributed by atoms with E-state index in [2.05, 4.69) is 0 Å². The van der Waals surface area contributed by atoms with Gasteiger partial charge in [0.15, 0.2) is 0 Å². The van der Waals surface area contributed by atoms with Gasteiger partial charge in [-0.05, 0) is 19.8 Å². The zero-order chi connectivity index (χ0) is 13.3. The monoisotopic (exact) mass is 245 g/mol. The average Bonchev–Trinajstić information content (AvgIpc) is 2.34. The number of esters is 1. The number of unbranched alkanes of at least 4 members (excludes halogenated alkanes) is 1. The normalized spacial score (nSPS) is 11.8. The topological polar surface area (TPSA) is 55.8 Å². The Kier molecular flexibility index (Phi) is 8.19. The smallest absolute Gasteiger partial charge is 0.410 e. The summed E-state index contributed by atoms with van der Waals surface area (Å²) >= 11 is 0. The molecule has 0 fully saturated rings. The van der Waals surface area contributed by atoms with Crippen molar-refractivity contribution in [1.82, 2.24) is 4.90 Å². The number of nitrogens with zero attached hydrogens (tertiary/aromatic N) is 1. The number of amides is 1. The van der Waals surface area contributed by atoms with Gasteiger partial charge in [-0.1, -0.05) is 20.3 Å². The first kappa shape index (κ1) is 15.7. The highest BCUT2D eigenvalue weighted by atomic mass is 16.6. The molecule has 0 aromatic rings. The van der Waals surface area contributed by atoms with Crippen LogP contribution in [0.1, 0.15) is 40.0 Å². The zero-order valence-electron chi connectivity index (χ0n) is 11.2. The number of ether oxygens (including phenoxy) is 2. The fourth-order valence-corrected chi connectivity index (χ4v) is 1.05. The molecule has 0 spiro atoms. The third-order valence-electron chi connectivity index (χ3n) is 2.38. The quantitative estimate of drug-likeness (QED) is 0.509. The van der Waals surface area contributed by atoms with Crippen LogP contribution in [-0.4, -0.2) is 43.3 Å². The van der Waals surface area contributed by atoms with E-state index in [1.165, 1.54) is 11.9 Å². The minimum absolute atomic E-state index is 0.362. The van der Waals surface area contributed by atoms with Crippen molar-refractivity contribution in [2.45, 2.75) is 46.1 Å². The molecule has 100 valence electrons. The van der Waals surface area contributed by atoms with E-state index in [0.717, 1.165) is 19.3 Å². The van der Waals surface area contributed by atoms with Crippen molar-refractivity contribution in [3.05, 3.63) is 0 Å². The SMILES string of the molecule is CCCCOC(=O)C(C)N(C)C(=O)OCCC. The molecule has 0 saturated heterocycles. The number of hydrogen-bond acceptors (Lipinski definition) is 4. The Morgan fingerprint density at radius 3 is 2.29 bits per heavy atom. The Morgan fingerprint density at radius 2 is 1.76 bits per heavy atom. The molecule has 0 aliphatic heterocycles. The number of hydrogen-bond donors (Lipinski definition) is 0. The molecule has 1 unspecified atom stereocenters. The Morgan fingerprint density at radius 1 is 1.12 bits per heavy atom. The number of likely N-dealkylation sites (N-methyl/N-ethyl adjacent to an activating group) is 1. The van der Waals surface area contributed by atoms with E-state index >= 15 is 0 Å². The second-order valence-corrected chi connectivity index (χ2v) is 3.92. The van der Waals surface area contributed by atoms with Crippen molar-refractivity contribution in [2.24, 2.45) is 0 Å². The number of carbonyl (C=O) groups excluding carboxylic acids is 2. The van der Waals surface area contributed by atoms with E-state index in [4.69, 9.17) is 9.47 Å². The summed E-state index contributed by atoms with van der Waals surface area (Å²) in [6, 6.07) is -0.615. The van der Waals surface area contributed by atoms with E-state index in [1.807, 2.05) is 13.8 Å². The van der Waals surface area contributed by atoms with Crippen LogP contribution in [0.4, 0.5) is 4.79 Å². The van der Waals surface area contributed by atoms with Gasteiger partial charge >= 0.3 is 12.1 Å². The van der Waals surface area contributed by atoms with Crippen LogP contribution < -0.4 is 0 Å². The van der Waals surface area contributed by atoms with E-state index < -0.39 is 18.1 Å². The molecule has 0 aliphatic rings. The van der Waals surface area contributed by atoms with E-state index in [-0.39, 0.29) is 0 Å². The average molecular weight is 245 g/mol. The lowest BCUT2D eigenvalue weighted by Crippen LogP contribution is -2.41. The predicted octanol–water partition coefficient (Wildman–Crippen LogP) is 2.20. The summed E-state index contributed by atoms with van der Waals surface area (Å²) in [7, 11) is 1.53. The molecule has 0 aliphatic carbocycles. The van der Waals surface area contributed by atoms with Gasteiger partial charge in [0.05, 0.1) is 13.2 Å². The van der Waals surface area contributed by atoms with Crippen LogP contribution in [0.25, 0.3) is 0 Å². The van der Waals surface area contributed by atoms with Gasteiger partial charge in [0.2, 0.25) is 0 Å². The van der Waals surface area contributed by atoms with Gasteiger partial charge in [0.25, 0.3) is 0 Å². The largest absolute Gasteiger partial charge is 0.464 e. The molecule has 0 N–H and O–H groups in total. The predicted molar refractivity (Wildman–Crippen MR) is 64.7 cm³/mol. The number of carbonyl (C=O) groups is 2. The maximum Gasteiger partial charge on any atom is 0.410 e. The molecule has 1 atom stereocenters. The minimum atomic E-state index is -0.615. The lowest BCUT2D eigenvalue weighted by molar-refractivity contribution is -0.148. The second-order valence-electron chi connectivity index (χ2n) is 3.92. The van der Waals surface area contributed by atoms with Crippen LogP contribution in [0.2, 0.25) is 0 Å². The summed E-state index contributed by atoms with van der Waals surface area (Å²) in [4.78, 5) is 24.3. The van der Waals surface area contributed by atoms with Crippen LogP contribution >= 0.6 is 0 Å². The molecule has 0 rings (SSSR count). The molecule has 0 aromatic heterocycles. The summed E-state index contributed by atoms with van der Waals surface area (Å²) in [5.41, 5.74) is 0. The molecule has 1 amide bonds. The van der Waals surface area contributed by atoms with Gasteiger partial charge in [0, 0.05) is 7.05 Å². The summed E-state index contributed by atoms with van der Waals surface area (Å²) in [5.74, 6) is -0.394. The summed E-state index contributed by atoms with van der Waals surface area (Å²) in [5, 5.41) is 0. The Bertz CT molecular complexity index is 243. The van der Waals surface area contributed by atoms with Crippen molar-refractivity contribution in [2.75, 3.05) is 20.3 Å². The highest BCUT2D eigenvalue weighted by Gasteiger charge is 2.24. The van der Waals surface area contributed by atoms with Gasteiger partial charge in [-0.2, -0.15) is 0 Å². The molecule has 0 bridgehead atoms. The van der Waals surface area contributed by atoms with Crippen LogP contribution in [-0.2, 0) is 14.3 Å². The molecule has 0 aromatic carbocycles. The highest BCUT2D eigenvalue weighted by molar-refractivity contribution is 5.80. The van der Waals surface area contributed by atoms with Crippen LogP contribution in [0, 0.1) is 0 Å². The lowest BCUT2D eigenvalue weighted by atomic mass is 10.3. The van der Waals surface area contributed by atoms with Crippen LogP contribution in [0.15, 0.2) is 0 Å². The van der Waals surface area contributed by atoms with Gasteiger partial charge in [0.1, 0.15) is 6.04 Å². The minimum Gasteiger partial charge on any atom is -0.464 e. The zero-order valence-corrected chi connectivity index (χ0v) is 11.2. The Labute approximate surface area is 103 Å². The Balaban J connectivity index is 4.05. The van der Waals surface area contributed by atoms with Crippen LogP contribution in [0.3, 0.4) is 0 Å². The van der Waals surface area contributed by atoms with Crippen molar-refractivity contribution in [3.8, 4) is 0 Å². The third-order valence-corrected chi connectivity index (χ3v) is 2.38. The highest BCUT2D eigenvalue weighted by Crippen LogP contribution is 2.02. The lowest BCUT2D eigenvalue weighted by Gasteiger charge is -2.22. The first-order valence-electron chi connectivity index (χ1n) is 6.10. The summed E-state index contributed by atoms with van der Waals surface area (Å²) < 4.78 is 9.96. The van der Waals surface area contributed by atoms with E-state index in [9.17, 15) is 9.59 Å². The van der Waals surface area contributed by atoms with Gasteiger partial charge in [-0.15, -0.1) is 0 Å².